The second-order valence-electron chi connectivity index (χ2n) is 10.6. The number of aliphatic hydroxyl groups excluding tert-OH is 3. The first-order chi connectivity index (χ1) is 20.6. The van der Waals surface area contributed by atoms with Gasteiger partial charge >= 0.3 is 6.18 Å². The number of anilines is 1. The van der Waals surface area contributed by atoms with E-state index < -0.39 is 41.8 Å². The fourth-order valence-corrected chi connectivity index (χ4v) is 6.17. The van der Waals surface area contributed by atoms with Gasteiger partial charge in [-0.2, -0.15) is 13.2 Å². The molecule has 0 unspecified atom stereocenters. The predicted molar refractivity (Wildman–Crippen MR) is 149 cm³/mol. The minimum absolute atomic E-state index is 0.00695. The number of carbonyl (C=O) groups excluding carboxylic acids is 1. The number of nitrogens with one attached hydrogen (secondary N) is 2. The van der Waals surface area contributed by atoms with Crippen molar-refractivity contribution in [3.05, 3.63) is 65.7 Å². The SMILES string of the molecule is O=C(NCCO)[C@H]1C[C@@H](n2nnc3c(N[C@@H]4C[C@H]4c4ccccc4)nc(Sc4ccc(C(F)(F)F)cc4)nc32)[C@H](O)[C@@H]1O. The Hall–Kier alpha value is -3.79. The number of fused-ring (bicyclic) bond motifs is 1. The number of benzene rings is 2. The Labute approximate surface area is 247 Å². The largest absolute Gasteiger partial charge is 0.416 e. The standard InChI is InChI=1S/C28H28F3N7O4S/c29-28(30,31)15-6-8-16(9-7-15)43-27-34-24(33-19-12-17(19)14-4-2-1-3-5-14)21-25(35-27)38(37-36-21)20-13-18(22(40)23(20)41)26(42)32-10-11-39/h1-9,17-20,22-23,39-41H,10-13H2,(H,32,42)(H,33,34,35)/t17-,18-,19+,20+,22+,23-/m0/s1. The fraction of sp³-hybridized carbons (Fsp3) is 0.393. The topological polar surface area (TPSA) is 158 Å². The van der Waals surface area contributed by atoms with Crippen molar-refractivity contribution in [3.63, 3.8) is 0 Å². The van der Waals surface area contributed by atoms with Crippen LogP contribution < -0.4 is 10.6 Å². The number of hydrogen-bond acceptors (Lipinski definition) is 10. The lowest BCUT2D eigenvalue weighted by atomic mass is 10.0. The van der Waals surface area contributed by atoms with Gasteiger partial charge in [0.25, 0.3) is 0 Å². The van der Waals surface area contributed by atoms with Crippen LogP contribution in [0.3, 0.4) is 0 Å². The highest BCUT2D eigenvalue weighted by atomic mass is 32.2. The summed E-state index contributed by atoms with van der Waals surface area (Å²) < 4.78 is 40.6. The van der Waals surface area contributed by atoms with Gasteiger partial charge in [0, 0.05) is 23.4 Å². The van der Waals surface area contributed by atoms with Crippen molar-refractivity contribution >= 4 is 34.7 Å². The molecule has 11 nitrogen and oxygen atoms in total. The van der Waals surface area contributed by atoms with Gasteiger partial charge < -0.3 is 26.0 Å². The van der Waals surface area contributed by atoms with Gasteiger partial charge in [-0.3, -0.25) is 4.79 Å². The van der Waals surface area contributed by atoms with Crippen LogP contribution in [0.2, 0.25) is 0 Å². The maximum Gasteiger partial charge on any atom is 0.416 e. The third kappa shape index (κ3) is 6.02. The number of aromatic nitrogens is 5. The number of rotatable bonds is 9. The molecule has 2 aliphatic carbocycles. The minimum atomic E-state index is -4.47. The molecule has 2 saturated carbocycles. The van der Waals surface area contributed by atoms with Crippen molar-refractivity contribution in [2.24, 2.45) is 5.92 Å². The van der Waals surface area contributed by atoms with E-state index in [4.69, 9.17) is 5.11 Å². The van der Waals surface area contributed by atoms with Crippen LogP contribution in [0.15, 0.2) is 64.6 Å². The lowest BCUT2D eigenvalue weighted by molar-refractivity contribution is -0.137. The zero-order valence-electron chi connectivity index (χ0n) is 22.5. The summed E-state index contributed by atoms with van der Waals surface area (Å²) in [5.74, 6) is -0.843. The number of nitrogens with zero attached hydrogens (tertiary/aromatic N) is 5. The maximum absolute atomic E-state index is 13.1. The van der Waals surface area contributed by atoms with Gasteiger partial charge in [-0.05, 0) is 54.4 Å². The van der Waals surface area contributed by atoms with Crippen LogP contribution in [0, 0.1) is 5.92 Å². The smallest absolute Gasteiger partial charge is 0.395 e. The van der Waals surface area contributed by atoms with E-state index in [1.54, 1.807) is 0 Å². The van der Waals surface area contributed by atoms with Crippen molar-refractivity contribution in [3.8, 4) is 0 Å². The van der Waals surface area contributed by atoms with E-state index in [2.05, 4.69) is 30.9 Å². The van der Waals surface area contributed by atoms with Crippen LogP contribution in [-0.2, 0) is 11.0 Å². The Morgan fingerprint density at radius 3 is 2.47 bits per heavy atom. The average Bonchev–Trinajstić information content (AvgIpc) is 3.53. The number of hydrogen-bond donors (Lipinski definition) is 5. The van der Waals surface area contributed by atoms with Gasteiger partial charge in [-0.1, -0.05) is 35.5 Å². The van der Waals surface area contributed by atoms with Crippen LogP contribution in [-0.4, -0.2) is 77.6 Å². The number of aliphatic hydroxyl groups is 3. The van der Waals surface area contributed by atoms with Crippen LogP contribution in [0.1, 0.15) is 35.9 Å². The van der Waals surface area contributed by atoms with Gasteiger partial charge in [0.2, 0.25) is 5.91 Å². The molecule has 0 saturated heterocycles. The van der Waals surface area contributed by atoms with E-state index in [9.17, 15) is 28.2 Å². The Morgan fingerprint density at radius 1 is 1.02 bits per heavy atom. The Kier molecular flexibility index (Phi) is 7.98. The molecular weight excluding hydrogens is 587 g/mol. The summed E-state index contributed by atoms with van der Waals surface area (Å²) in [7, 11) is 0. The molecule has 0 bridgehead atoms. The molecule has 1 amide bonds. The molecule has 2 aliphatic rings. The molecule has 0 aliphatic heterocycles. The average molecular weight is 616 g/mol. The molecule has 43 heavy (non-hydrogen) atoms. The molecule has 2 aromatic carbocycles. The molecule has 6 atom stereocenters. The molecular formula is C28H28F3N7O4S. The molecule has 2 aromatic heterocycles. The summed E-state index contributed by atoms with van der Waals surface area (Å²) in [6.07, 6.45) is -6.33. The molecule has 226 valence electrons. The fourth-order valence-electron chi connectivity index (χ4n) is 5.42. The molecule has 6 rings (SSSR count). The van der Waals surface area contributed by atoms with Crippen molar-refractivity contribution in [2.75, 3.05) is 18.5 Å². The number of alkyl halides is 3. The molecule has 0 spiro atoms. The van der Waals surface area contributed by atoms with Crippen molar-refractivity contribution < 1.29 is 33.3 Å². The number of amides is 1. The number of carbonyl (C=O) groups is 1. The number of halogens is 3. The summed E-state index contributed by atoms with van der Waals surface area (Å²) >= 11 is 1.05. The van der Waals surface area contributed by atoms with E-state index in [0.717, 1.165) is 30.3 Å². The minimum Gasteiger partial charge on any atom is -0.395 e. The van der Waals surface area contributed by atoms with Crippen LogP contribution >= 0.6 is 11.8 Å². The highest BCUT2D eigenvalue weighted by Crippen LogP contribution is 2.44. The summed E-state index contributed by atoms with van der Waals surface area (Å²) in [5, 5.41) is 45.2. The van der Waals surface area contributed by atoms with E-state index in [1.807, 2.05) is 30.3 Å². The quantitative estimate of drug-likeness (QED) is 0.177. The first kappa shape index (κ1) is 29.3. The zero-order valence-corrected chi connectivity index (χ0v) is 23.3. The molecule has 2 fully saturated rings. The van der Waals surface area contributed by atoms with E-state index in [1.165, 1.54) is 22.4 Å². The highest BCUT2D eigenvalue weighted by molar-refractivity contribution is 7.99. The normalized spacial score (nSPS) is 25.2. The molecule has 15 heteroatoms. The summed E-state index contributed by atoms with van der Waals surface area (Å²) in [4.78, 5) is 22.3. The molecule has 5 N–H and O–H groups in total. The van der Waals surface area contributed by atoms with Gasteiger partial charge in [0.1, 0.15) is 6.10 Å². The van der Waals surface area contributed by atoms with Gasteiger partial charge in [-0.15, -0.1) is 5.10 Å². The zero-order chi connectivity index (χ0) is 30.3. The maximum atomic E-state index is 13.1. The first-order valence-corrected chi connectivity index (χ1v) is 14.5. The van der Waals surface area contributed by atoms with E-state index in [0.29, 0.717) is 16.2 Å². The van der Waals surface area contributed by atoms with Crippen LogP contribution in [0.4, 0.5) is 19.0 Å². The second-order valence-corrected chi connectivity index (χ2v) is 11.6. The second kappa shape index (κ2) is 11.7. The van der Waals surface area contributed by atoms with Crippen molar-refractivity contribution in [1.29, 1.82) is 0 Å². The van der Waals surface area contributed by atoms with Gasteiger partial charge in [0.05, 0.1) is 30.2 Å². The van der Waals surface area contributed by atoms with E-state index in [-0.39, 0.29) is 42.3 Å². The van der Waals surface area contributed by atoms with Gasteiger partial charge in [-0.25, -0.2) is 14.6 Å². The van der Waals surface area contributed by atoms with Crippen LogP contribution in [0.25, 0.3) is 11.2 Å². The van der Waals surface area contributed by atoms with Crippen LogP contribution in [0.5, 0.6) is 0 Å². The Bertz CT molecular complexity index is 1610. The molecule has 4 aromatic rings. The Balaban J connectivity index is 1.33. The Morgan fingerprint density at radius 2 is 1.77 bits per heavy atom. The lowest BCUT2D eigenvalue weighted by Gasteiger charge is -2.17. The third-order valence-electron chi connectivity index (χ3n) is 7.75. The van der Waals surface area contributed by atoms with E-state index >= 15 is 0 Å². The van der Waals surface area contributed by atoms with Gasteiger partial charge in [0.15, 0.2) is 22.1 Å². The first-order valence-electron chi connectivity index (χ1n) is 13.7. The lowest BCUT2D eigenvalue weighted by Crippen LogP contribution is -2.39. The summed E-state index contributed by atoms with van der Waals surface area (Å²) in [6.45, 7) is -0.264. The monoisotopic (exact) mass is 615 g/mol. The molecule has 2 heterocycles. The van der Waals surface area contributed by atoms with Crippen molar-refractivity contribution in [2.45, 2.75) is 59.3 Å². The highest BCUT2D eigenvalue weighted by Gasteiger charge is 2.47. The third-order valence-corrected chi connectivity index (χ3v) is 8.62. The summed E-state index contributed by atoms with van der Waals surface area (Å²) in [6, 6.07) is 13.8. The molecule has 0 radical (unpaired) electrons. The summed E-state index contributed by atoms with van der Waals surface area (Å²) in [5.41, 5.74) is 0.939. The predicted octanol–water partition coefficient (Wildman–Crippen LogP) is 2.75. The van der Waals surface area contributed by atoms with Crippen molar-refractivity contribution in [1.82, 2.24) is 30.3 Å².